The maximum absolute atomic E-state index is 12.1. The first-order valence-corrected chi connectivity index (χ1v) is 7.63. The number of benzene rings is 1. The van der Waals surface area contributed by atoms with Crippen LogP contribution in [0.15, 0.2) is 30.3 Å². The highest BCUT2D eigenvalue weighted by atomic mass is 16.5. The molecule has 1 aliphatic rings. The Morgan fingerprint density at radius 3 is 2.43 bits per heavy atom. The van der Waals surface area contributed by atoms with Gasteiger partial charge in [0.25, 0.3) is 0 Å². The number of carbonyl (C=O) groups is 1. The Kier molecular flexibility index (Phi) is 5.76. The van der Waals surface area contributed by atoms with Crippen LogP contribution < -0.4 is 0 Å². The Hall–Kier alpha value is -1.39. The van der Waals surface area contributed by atoms with Crippen LogP contribution in [0.1, 0.15) is 24.3 Å². The van der Waals surface area contributed by atoms with Gasteiger partial charge in [0.05, 0.1) is 13.0 Å². The van der Waals surface area contributed by atoms with Crippen LogP contribution in [-0.2, 0) is 9.53 Å². The number of likely N-dealkylation sites (tertiary alicyclic amines) is 1. The number of ether oxygens (including phenoxy) is 1. The molecule has 1 unspecified atom stereocenters. The highest BCUT2D eigenvalue weighted by Gasteiger charge is 2.27. The third kappa shape index (κ3) is 4.29. The molecule has 0 saturated carbocycles. The Morgan fingerprint density at radius 1 is 1.29 bits per heavy atom. The second-order valence-corrected chi connectivity index (χ2v) is 5.98. The Labute approximate surface area is 127 Å². The van der Waals surface area contributed by atoms with Crippen LogP contribution in [0.25, 0.3) is 0 Å². The highest BCUT2D eigenvalue weighted by molar-refractivity contribution is 5.78. The molecule has 1 atom stereocenters. The van der Waals surface area contributed by atoms with Crippen LogP contribution in [-0.4, -0.2) is 62.7 Å². The van der Waals surface area contributed by atoms with E-state index in [9.17, 15) is 4.79 Å². The van der Waals surface area contributed by atoms with Crippen LogP contribution in [0.2, 0.25) is 0 Å². The van der Waals surface area contributed by atoms with E-state index >= 15 is 0 Å². The van der Waals surface area contributed by atoms with Gasteiger partial charge in [0.15, 0.2) is 0 Å². The van der Waals surface area contributed by atoms with Crippen LogP contribution in [0, 0.1) is 0 Å². The molecule has 1 aromatic carbocycles. The zero-order valence-electron chi connectivity index (χ0n) is 13.3. The maximum Gasteiger partial charge on any atom is 0.314 e. The zero-order valence-corrected chi connectivity index (χ0v) is 13.3. The molecule has 4 heteroatoms. The van der Waals surface area contributed by atoms with Crippen molar-refractivity contribution in [3.63, 3.8) is 0 Å². The monoisotopic (exact) mass is 290 g/mol. The fourth-order valence-electron chi connectivity index (χ4n) is 3.02. The van der Waals surface area contributed by atoms with Gasteiger partial charge >= 0.3 is 5.97 Å². The summed E-state index contributed by atoms with van der Waals surface area (Å²) in [4.78, 5) is 16.8. The zero-order chi connectivity index (χ0) is 15.2. The molecule has 1 fully saturated rings. The Morgan fingerprint density at radius 2 is 1.90 bits per heavy atom. The lowest BCUT2D eigenvalue weighted by Crippen LogP contribution is -2.44. The molecule has 1 aromatic rings. The van der Waals surface area contributed by atoms with Crippen molar-refractivity contribution < 1.29 is 9.53 Å². The summed E-state index contributed by atoms with van der Waals surface area (Å²) < 4.78 is 4.99. The summed E-state index contributed by atoms with van der Waals surface area (Å²) in [7, 11) is 5.75. The molecule has 0 bridgehead atoms. The van der Waals surface area contributed by atoms with E-state index in [4.69, 9.17) is 4.74 Å². The molecule has 1 heterocycles. The first kappa shape index (κ1) is 16.0. The lowest BCUT2D eigenvalue weighted by molar-refractivity contribution is -0.143. The number of rotatable bonds is 5. The van der Waals surface area contributed by atoms with Gasteiger partial charge in [-0.1, -0.05) is 30.3 Å². The lowest BCUT2D eigenvalue weighted by atomic mass is 9.96. The van der Waals surface area contributed by atoms with Crippen molar-refractivity contribution >= 4 is 5.97 Å². The average molecular weight is 290 g/mol. The third-order valence-electron chi connectivity index (χ3n) is 4.42. The standard InChI is InChI=1S/C17H26N2O2/c1-18(2)15-9-11-19(12-10-15)13-16(17(20)21-3)14-7-5-4-6-8-14/h4-8,15-16H,9-13H2,1-3H3. The summed E-state index contributed by atoms with van der Waals surface area (Å²) in [5.41, 5.74) is 1.04. The number of hydrogen-bond acceptors (Lipinski definition) is 4. The Balaban J connectivity index is 1.99. The van der Waals surface area contributed by atoms with Gasteiger partial charge in [0.2, 0.25) is 0 Å². The molecule has 0 amide bonds. The van der Waals surface area contributed by atoms with Crippen LogP contribution in [0.5, 0.6) is 0 Å². The fraction of sp³-hybridized carbons (Fsp3) is 0.588. The number of esters is 1. The van der Waals surface area contributed by atoms with Gasteiger partial charge in [-0.2, -0.15) is 0 Å². The number of nitrogens with zero attached hydrogens (tertiary/aromatic N) is 2. The van der Waals surface area contributed by atoms with E-state index in [1.807, 2.05) is 30.3 Å². The van der Waals surface area contributed by atoms with Gasteiger partial charge in [-0.25, -0.2) is 0 Å². The highest BCUT2D eigenvalue weighted by Crippen LogP contribution is 2.22. The average Bonchev–Trinajstić information content (AvgIpc) is 2.53. The SMILES string of the molecule is COC(=O)C(CN1CCC(N(C)C)CC1)c1ccccc1. The summed E-state index contributed by atoms with van der Waals surface area (Å²) in [6.45, 7) is 2.84. The molecule has 0 spiro atoms. The van der Waals surface area contributed by atoms with Gasteiger partial charge in [-0.05, 0) is 45.6 Å². The molecule has 21 heavy (non-hydrogen) atoms. The first-order valence-electron chi connectivity index (χ1n) is 7.63. The molecule has 0 N–H and O–H groups in total. The summed E-state index contributed by atoms with van der Waals surface area (Å²) in [6, 6.07) is 10.6. The van der Waals surface area contributed by atoms with Crippen molar-refractivity contribution in [1.29, 1.82) is 0 Å². The van der Waals surface area contributed by atoms with Gasteiger partial charge in [0.1, 0.15) is 0 Å². The molecule has 0 aromatic heterocycles. The minimum absolute atomic E-state index is 0.143. The van der Waals surface area contributed by atoms with E-state index in [0.717, 1.165) is 38.0 Å². The van der Waals surface area contributed by atoms with Gasteiger partial charge in [-0.3, -0.25) is 4.79 Å². The molecular formula is C17H26N2O2. The van der Waals surface area contributed by atoms with Crippen LogP contribution >= 0.6 is 0 Å². The molecular weight excluding hydrogens is 264 g/mol. The smallest absolute Gasteiger partial charge is 0.314 e. The van der Waals surface area contributed by atoms with Crippen molar-refractivity contribution in [3.05, 3.63) is 35.9 Å². The number of carbonyl (C=O) groups excluding carboxylic acids is 1. The van der Waals surface area contributed by atoms with Crippen molar-refractivity contribution in [3.8, 4) is 0 Å². The largest absolute Gasteiger partial charge is 0.469 e. The van der Waals surface area contributed by atoms with Crippen molar-refractivity contribution in [2.24, 2.45) is 0 Å². The molecule has 2 rings (SSSR count). The van der Waals surface area contributed by atoms with E-state index in [-0.39, 0.29) is 11.9 Å². The number of hydrogen-bond donors (Lipinski definition) is 0. The molecule has 0 aliphatic carbocycles. The normalized spacial score (nSPS) is 18.7. The number of piperidine rings is 1. The van der Waals surface area contributed by atoms with E-state index in [2.05, 4.69) is 23.9 Å². The van der Waals surface area contributed by atoms with Gasteiger partial charge < -0.3 is 14.5 Å². The molecule has 116 valence electrons. The second-order valence-electron chi connectivity index (χ2n) is 5.98. The fourth-order valence-corrected chi connectivity index (χ4v) is 3.02. The maximum atomic E-state index is 12.1. The second kappa shape index (κ2) is 7.57. The van der Waals surface area contributed by atoms with Crippen molar-refractivity contribution in [2.45, 2.75) is 24.8 Å². The predicted octanol–water partition coefficient (Wildman–Crippen LogP) is 1.97. The van der Waals surface area contributed by atoms with E-state index in [1.165, 1.54) is 7.11 Å². The number of methoxy groups -OCH3 is 1. The summed E-state index contributed by atoms with van der Waals surface area (Å²) >= 11 is 0. The van der Waals surface area contributed by atoms with Crippen LogP contribution in [0.3, 0.4) is 0 Å². The third-order valence-corrected chi connectivity index (χ3v) is 4.42. The molecule has 0 radical (unpaired) electrons. The lowest BCUT2D eigenvalue weighted by Gasteiger charge is -2.36. The quantitative estimate of drug-likeness (QED) is 0.776. The topological polar surface area (TPSA) is 32.8 Å². The molecule has 1 saturated heterocycles. The van der Waals surface area contributed by atoms with Gasteiger partial charge in [-0.15, -0.1) is 0 Å². The minimum atomic E-state index is -0.188. The van der Waals surface area contributed by atoms with E-state index < -0.39 is 0 Å². The molecule has 4 nitrogen and oxygen atoms in total. The Bertz CT molecular complexity index is 439. The van der Waals surface area contributed by atoms with Crippen molar-refractivity contribution in [2.75, 3.05) is 40.8 Å². The predicted molar refractivity (Wildman–Crippen MR) is 84.3 cm³/mol. The summed E-state index contributed by atoms with van der Waals surface area (Å²) in [5, 5.41) is 0. The van der Waals surface area contributed by atoms with Crippen LogP contribution in [0.4, 0.5) is 0 Å². The van der Waals surface area contributed by atoms with E-state index in [0.29, 0.717) is 6.04 Å². The molecule has 1 aliphatic heterocycles. The summed E-state index contributed by atoms with van der Waals surface area (Å²) in [6.07, 6.45) is 2.32. The van der Waals surface area contributed by atoms with Crippen molar-refractivity contribution in [1.82, 2.24) is 9.80 Å². The van der Waals surface area contributed by atoms with Gasteiger partial charge in [0, 0.05) is 12.6 Å². The summed E-state index contributed by atoms with van der Waals surface area (Å²) in [5.74, 6) is -0.331. The van der Waals surface area contributed by atoms with E-state index in [1.54, 1.807) is 0 Å². The minimum Gasteiger partial charge on any atom is -0.469 e. The first-order chi connectivity index (χ1) is 10.1.